The molecule has 0 saturated carbocycles. The van der Waals surface area contributed by atoms with E-state index in [4.69, 9.17) is 4.52 Å². The van der Waals surface area contributed by atoms with Crippen LogP contribution >= 0.6 is 11.8 Å². The number of benzene rings is 2. The molecular formula is C21H20FN5OS. The number of thioether (sulfide) groups is 1. The standard InChI is InChI=1S/C21H20FN5OS/c1-2-8-18-23-19(28-26-18)14-29-21-25-24-20(16-11-6-7-12-17(16)22)27(21)13-15-9-4-3-5-10-15/h3-7,9-12H,2,8,13-14H2,1H3. The van der Waals surface area contributed by atoms with Gasteiger partial charge in [-0.05, 0) is 24.1 Å². The maximum Gasteiger partial charge on any atom is 0.237 e. The number of nitrogens with zero attached hydrogens (tertiary/aromatic N) is 5. The lowest BCUT2D eigenvalue weighted by molar-refractivity contribution is 0.384. The summed E-state index contributed by atoms with van der Waals surface area (Å²) in [4.78, 5) is 4.39. The van der Waals surface area contributed by atoms with Gasteiger partial charge in [-0.3, -0.25) is 4.57 Å². The molecule has 29 heavy (non-hydrogen) atoms. The Hall–Kier alpha value is -3.00. The number of hydrogen-bond donors (Lipinski definition) is 0. The highest BCUT2D eigenvalue weighted by Crippen LogP contribution is 2.28. The van der Waals surface area contributed by atoms with Crippen molar-refractivity contribution < 1.29 is 8.91 Å². The summed E-state index contributed by atoms with van der Waals surface area (Å²) in [7, 11) is 0. The maximum absolute atomic E-state index is 14.4. The molecule has 0 atom stereocenters. The van der Waals surface area contributed by atoms with E-state index in [9.17, 15) is 4.39 Å². The number of rotatable bonds is 8. The third-order valence-corrected chi connectivity index (χ3v) is 5.28. The van der Waals surface area contributed by atoms with Crippen molar-refractivity contribution >= 4 is 11.8 Å². The summed E-state index contributed by atoms with van der Waals surface area (Å²) in [5, 5.41) is 13.2. The van der Waals surface area contributed by atoms with Gasteiger partial charge < -0.3 is 4.52 Å². The van der Waals surface area contributed by atoms with E-state index < -0.39 is 0 Å². The maximum atomic E-state index is 14.4. The molecule has 0 bridgehead atoms. The van der Waals surface area contributed by atoms with Crippen molar-refractivity contribution in [3.05, 3.63) is 77.7 Å². The number of aryl methyl sites for hydroxylation is 1. The molecule has 2 aromatic carbocycles. The molecule has 148 valence electrons. The molecule has 8 heteroatoms. The summed E-state index contributed by atoms with van der Waals surface area (Å²) in [5.41, 5.74) is 1.50. The van der Waals surface area contributed by atoms with E-state index in [0.717, 1.165) is 18.4 Å². The van der Waals surface area contributed by atoms with E-state index in [1.807, 2.05) is 34.9 Å². The summed E-state index contributed by atoms with van der Waals surface area (Å²) < 4.78 is 21.6. The fourth-order valence-corrected chi connectivity index (χ4v) is 3.72. The van der Waals surface area contributed by atoms with Crippen LogP contribution in [0.5, 0.6) is 0 Å². The average Bonchev–Trinajstić information content (AvgIpc) is 3.35. The molecule has 4 aromatic rings. The van der Waals surface area contributed by atoms with Gasteiger partial charge in [-0.2, -0.15) is 4.98 Å². The Morgan fingerprint density at radius 1 is 1.03 bits per heavy atom. The van der Waals surface area contributed by atoms with Gasteiger partial charge in [0.1, 0.15) is 5.82 Å². The molecule has 0 unspecified atom stereocenters. The van der Waals surface area contributed by atoms with Crippen LogP contribution in [0.2, 0.25) is 0 Å². The first kappa shape index (κ1) is 19.3. The largest absolute Gasteiger partial charge is 0.338 e. The first-order valence-corrected chi connectivity index (χ1v) is 10.4. The first-order valence-electron chi connectivity index (χ1n) is 9.41. The fraction of sp³-hybridized carbons (Fsp3) is 0.238. The first-order chi connectivity index (χ1) is 14.2. The van der Waals surface area contributed by atoms with Gasteiger partial charge in [-0.25, -0.2) is 4.39 Å². The van der Waals surface area contributed by atoms with Crippen molar-refractivity contribution in [1.29, 1.82) is 0 Å². The molecule has 4 rings (SSSR count). The lowest BCUT2D eigenvalue weighted by atomic mass is 10.2. The summed E-state index contributed by atoms with van der Waals surface area (Å²) in [6.07, 6.45) is 1.75. The molecule has 6 nitrogen and oxygen atoms in total. The predicted molar refractivity (Wildman–Crippen MR) is 109 cm³/mol. The normalized spacial score (nSPS) is 11.1. The van der Waals surface area contributed by atoms with Crippen molar-refractivity contribution in [2.75, 3.05) is 0 Å². The third kappa shape index (κ3) is 4.54. The number of hydrogen-bond acceptors (Lipinski definition) is 6. The van der Waals surface area contributed by atoms with Crippen LogP contribution in [-0.2, 0) is 18.7 Å². The van der Waals surface area contributed by atoms with Crippen molar-refractivity contribution in [2.45, 2.75) is 37.2 Å². The van der Waals surface area contributed by atoms with Gasteiger partial charge in [0.25, 0.3) is 0 Å². The summed E-state index contributed by atoms with van der Waals surface area (Å²) in [5.74, 6) is 1.89. The van der Waals surface area contributed by atoms with Crippen LogP contribution in [-0.4, -0.2) is 24.9 Å². The van der Waals surface area contributed by atoms with Crippen LogP contribution in [0, 0.1) is 5.82 Å². The SMILES string of the molecule is CCCc1noc(CSc2nnc(-c3ccccc3F)n2Cc2ccccc2)n1. The molecule has 0 aliphatic carbocycles. The lowest BCUT2D eigenvalue weighted by Gasteiger charge is -2.10. The second-order valence-corrected chi connectivity index (χ2v) is 7.44. The Balaban J connectivity index is 1.63. The van der Waals surface area contributed by atoms with Gasteiger partial charge in [0.15, 0.2) is 16.8 Å². The highest BCUT2D eigenvalue weighted by atomic mass is 32.2. The molecule has 0 spiro atoms. The zero-order valence-corrected chi connectivity index (χ0v) is 16.8. The van der Waals surface area contributed by atoms with Gasteiger partial charge in [0.05, 0.1) is 17.9 Å². The van der Waals surface area contributed by atoms with E-state index in [1.54, 1.807) is 18.2 Å². The van der Waals surface area contributed by atoms with Gasteiger partial charge in [0, 0.05) is 6.42 Å². The van der Waals surface area contributed by atoms with Gasteiger partial charge in [0.2, 0.25) is 5.89 Å². The van der Waals surface area contributed by atoms with Crippen LogP contribution in [0.3, 0.4) is 0 Å². The van der Waals surface area contributed by atoms with Crippen molar-refractivity contribution in [1.82, 2.24) is 24.9 Å². The van der Waals surface area contributed by atoms with Crippen LogP contribution in [0.4, 0.5) is 4.39 Å². The predicted octanol–water partition coefficient (Wildman–Crippen LogP) is 4.76. The minimum Gasteiger partial charge on any atom is -0.338 e. The zero-order chi connectivity index (χ0) is 20.1. The van der Waals surface area contributed by atoms with Crippen molar-refractivity contribution in [3.8, 4) is 11.4 Å². The van der Waals surface area contributed by atoms with Crippen molar-refractivity contribution in [3.63, 3.8) is 0 Å². The minimum absolute atomic E-state index is 0.327. The molecule has 0 saturated heterocycles. The third-order valence-electron chi connectivity index (χ3n) is 4.32. The van der Waals surface area contributed by atoms with E-state index >= 15 is 0 Å². The molecular weight excluding hydrogens is 389 g/mol. The summed E-state index contributed by atoms with van der Waals surface area (Å²) in [6, 6.07) is 16.6. The van der Waals surface area contributed by atoms with Crippen LogP contribution in [0.1, 0.15) is 30.6 Å². The monoisotopic (exact) mass is 409 g/mol. The van der Waals surface area contributed by atoms with Crippen molar-refractivity contribution in [2.24, 2.45) is 0 Å². The Morgan fingerprint density at radius 2 is 1.83 bits per heavy atom. The van der Waals surface area contributed by atoms with Crippen LogP contribution in [0.25, 0.3) is 11.4 Å². The lowest BCUT2D eigenvalue weighted by Crippen LogP contribution is -2.05. The highest BCUT2D eigenvalue weighted by molar-refractivity contribution is 7.98. The van der Waals surface area contributed by atoms with E-state index in [-0.39, 0.29) is 5.82 Å². The second-order valence-electron chi connectivity index (χ2n) is 6.50. The molecule has 0 radical (unpaired) electrons. The topological polar surface area (TPSA) is 69.6 Å². The highest BCUT2D eigenvalue weighted by Gasteiger charge is 2.18. The molecule has 0 amide bonds. The van der Waals surface area contributed by atoms with E-state index in [1.165, 1.54) is 17.8 Å². The van der Waals surface area contributed by atoms with Gasteiger partial charge in [-0.15, -0.1) is 10.2 Å². The molecule has 2 aromatic heterocycles. The number of aromatic nitrogens is 5. The summed E-state index contributed by atoms with van der Waals surface area (Å²) >= 11 is 1.44. The second kappa shape index (κ2) is 9.00. The summed E-state index contributed by atoms with van der Waals surface area (Å²) in [6.45, 7) is 2.60. The Morgan fingerprint density at radius 3 is 2.62 bits per heavy atom. The number of halogens is 1. The molecule has 0 N–H and O–H groups in total. The fourth-order valence-electron chi connectivity index (χ4n) is 2.95. The van der Waals surface area contributed by atoms with Gasteiger partial charge >= 0.3 is 0 Å². The molecule has 2 heterocycles. The Kier molecular flexibility index (Phi) is 6.00. The Bertz CT molecular complexity index is 1080. The molecule has 0 aliphatic rings. The van der Waals surface area contributed by atoms with E-state index in [2.05, 4.69) is 27.3 Å². The minimum atomic E-state index is -0.327. The molecule has 0 aliphatic heterocycles. The van der Waals surface area contributed by atoms with E-state index in [0.29, 0.717) is 40.6 Å². The quantitative estimate of drug-likeness (QED) is 0.391. The Labute approximate surface area is 172 Å². The molecule has 0 fully saturated rings. The average molecular weight is 409 g/mol. The smallest absolute Gasteiger partial charge is 0.237 e. The zero-order valence-electron chi connectivity index (χ0n) is 16.0. The van der Waals surface area contributed by atoms with Crippen LogP contribution < -0.4 is 0 Å². The van der Waals surface area contributed by atoms with Gasteiger partial charge in [-0.1, -0.05) is 66.3 Å². The van der Waals surface area contributed by atoms with Crippen LogP contribution in [0.15, 0.2) is 64.3 Å².